The highest BCUT2D eigenvalue weighted by molar-refractivity contribution is 7.89. The van der Waals surface area contributed by atoms with Gasteiger partial charge in [-0.15, -0.1) is 11.3 Å². The van der Waals surface area contributed by atoms with Gasteiger partial charge in [0.1, 0.15) is 5.03 Å². The van der Waals surface area contributed by atoms with E-state index in [2.05, 4.69) is 32.7 Å². The molecule has 0 aliphatic carbocycles. The van der Waals surface area contributed by atoms with E-state index in [1.54, 1.807) is 23.1 Å². The molecule has 13 nitrogen and oxygen atoms in total. The summed E-state index contributed by atoms with van der Waals surface area (Å²) < 4.78 is 28.5. The Hall–Kier alpha value is -3.53. The van der Waals surface area contributed by atoms with Crippen molar-refractivity contribution >= 4 is 49.9 Å². The number of aromatic nitrogens is 2. The van der Waals surface area contributed by atoms with E-state index in [1.807, 2.05) is 0 Å². The molecule has 0 spiro atoms. The highest BCUT2D eigenvalue weighted by Gasteiger charge is 2.39. The number of aromatic amines is 1. The second-order valence-electron chi connectivity index (χ2n) is 9.69. The number of thiazole rings is 1. The van der Waals surface area contributed by atoms with Gasteiger partial charge in [-0.1, -0.05) is 17.3 Å². The fourth-order valence-corrected chi connectivity index (χ4v) is 7.40. The number of carbonyl (C=O) groups excluding carboxylic acids is 2. The molecule has 2 atom stereocenters. The van der Waals surface area contributed by atoms with Crippen LogP contribution in [0.4, 0.5) is 0 Å². The molecule has 208 valence electrons. The summed E-state index contributed by atoms with van der Waals surface area (Å²) in [5, 5.41) is 18.8. The van der Waals surface area contributed by atoms with E-state index in [4.69, 9.17) is 10.9 Å². The van der Waals surface area contributed by atoms with E-state index in [0.29, 0.717) is 28.0 Å². The lowest BCUT2D eigenvalue weighted by molar-refractivity contribution is -0.121. The van der Waals surface area contributed by atoms with Gasteiger partial charge in [0, 0.05) is 73.5 Å². The number of nitrogens with one attached hydrogen (secondary N) is 3. The van der Waals surface area contributed by atoms with E-state index in [1.165, 1.54) is 28.8 Å². The molecule has 0 bridgehead atoms. The van der Waals surface area contributed by atoms with Crippen LogP contribution in [0.1, 0.15) is 39.3 Å². The molecule has 2 aliphatic rings. The first-order valence-corrected chi connectivity index (χ1v) is 14.7. The largest absolute Gasteiger partial charge is 0.409 e. The standard InChI is InChI=1S/C24H30N8O5S2/c1-13-7-18-19(11-27-13)38-23(29-18)24(34)32-6-5-31(12-16(32)10-20(33)26-2)39(36,37)21-9-14-3-4-15(22(25)30-35)8-17(14)28-21/h3-4,8-9,13,16,27-28,35H,5-7,10-12H2,1-2H3,(H2,25,30)(H,26,33). The number of piperazine rings is 1. The predicted octanol–water partition coefficient (Wildman–Crippen LogP) is 0.405. The van der Waals surface area contributed by atoms with Crippen LogP contribution in [0.3, 0.4) is 0 Å². The normalized spacial score (nSPS) is 20.7. The fraction of sp³-hybridized carbons (Fsp3) is 0.417. The molecule has 2 aliphatic heterocycles. The van der Waals surface area contributed by atoms with Gasteiger partial charge < -0.3 is 31.5 Å². The molecular formula is C24H30N8O5S2. The number of carbonyl (C=O) groups is 2. The zero-order chi connectivity index (χ0) is 27.9. The van der Waals surface area contributed by atoms with Crippen LogP contribution >= 0.6 is 11.3 Å². The molecule has 1 saturated heterocycles. The summed E-state index contributed by atoms with van der Waals surface area (Å²) in [6, 6.07) is 6.01. The topological polar surface area (TPSA) is 186 Å². The van der Waals surface area contributed by atoms with Gasteiger partial charge in [0.05, 0.1) is 11.7 Å². The first kappa shape index (κ1) is 27.1. The minimum absolute atomic E-state index is 0.0261. The smallest absolute Gasteiger partial charge is 0.283 e. The van der Waals surface area contributed by atoms with Crippen LogP contribution in [0, 0.1) is 0 Å². The van der Waals surface area contributed by atoms with Crippen molar-refractivity contribution in [2.75, 3.05) is 26.7 Å². The number of benzene rings is 1. The summed E-state index contributed by atoms with van der Waals surface area (Å²) in [5.41, 5.74) is 7.51. The highest BCUT2D eigenvalue weighted by atomic mass is 32.2. The number of rotatable bonds is 6. The van der Waals surface area contributed by atoms with Gasteiger partial charge >= 0.3 is 0 Å². The number of hydrogen-bond donors (Lipinski definition) is 5. The second-order valence-corrected chi connectivity index (χ2v) is 12.7. The Labute approximate surface area is 229 Å². The summed E-state index contributed by atoms with van der Waals surface area (Å²) in [4.78, 5) is 36.0. The quantitative estimate of drug-likeness (QED) is 0.121. The molecule has 15 heteroatoms. The molecule has 2 amide bonds. The van der Waals surface area contributed by atoms with E-state index < -0.39 is 16.1 Å². The Balaban J connectivity index is 1.40. The van der Waals surface area contributed by atoms with Gasteiger partial charge in [-0.25, -0.2) is 13.4 Å². The Morgan fingerprint density at radius 1 is 1.31 bits per heavy atom. The summed E-state index contributed by atoms with van der Waals surface area (Å²) in [6.07, 6.45) is 0.686. The van der Waals surface area contributed by atoms with Gasteiger partial charge in [0.25, 0.3) is 15.9 Å². The number of H-pyrrole nitrogens is 1. The Morgan fingerprint density at radius 3 is 2.85 bits per heavy atom. The van der Waals surface area contributed by atoms with Crippen LogP contribution in [0.5, 0.6) is 0 Å². The first-order valence-electron chi connectivity index (χ1n) is 12.4. The van der Waals surface area contributed by atoms with E-state index >= 15 is 0 Å². The summed E-state index contributed by atoms with van der Waals surface area (Å²) >= 11 is 1.34. The van der Waals surface area contributed by atoms with Crippen molar-refractivity contribution in [1.82, 2.24) is 29.8 Å². The average Bonchev–Trinajstić information content (AvgIpc) is 3.56. The Kier molecular flexibility index (Phi) is 7.33. The number of amides is 2. The zero-order valence-corrected chi connectivity index (χ0v) is 23.1. The zero-order valence-electron chi connectivity index (χ0n) is 21.5. The van der Waals surface area contributed by atoms with Crippen molar-refractivity contribution in [2.24, 2.45) is 10.9 Å². The number of oxime groups is 1. The predicted molar refractivity (Wildman–Crippen MR) is 145 cm³/mol. The van der Waals surface area contributed by atoms with Gasteiger partial charge in [0.2, 0.25) is 5.91 Å². The van der Waals surface area contributed by atoms with Crippen LogP contribution in [-0.4, -0.2) is 89.2 Å². The van der Waals surface area contributed by atoms with Gasteiger partial charge in [-0.2, -0.15) is 4.31 Å². The molecular weight excluding hydrogens is 544 g/mol. The number of amidine groups is 1. The average molecular weight is 575 g/mol. The van der Waals surface area contributed by atoms with Crippen LogP contribution in [-0.2, 0) is 27.8 Å². The van der Waals surface area contributed by atoms with Crippen molar-refractivity contribution in [3.63, 3.8) is 0 Å². The molecule has 6 N–H and O–H groups in total. The van der Waals surface area contributed by atoms with Crippen LogP contribution in [0.15, 0.2) is 34.4 Å². The van der Waals surface area contributed by atoms with Gasteiger partial charge in [-0.05, 0) is 19.1 Å². The summed E-state index contributed by atoms with van der Waals surface area (Å²) in [5.74, 6) is -0.690. The monoisotopic (exact) mass is 574 g/mol. The van der Waals surface area contributed by atoms with Crippen LogP contribution in [0.2, 0.25) is 0 Å². The van der Waals surface area contributed by atoms with Gasteiger partial charge in [0.15, 0.2) is 10.8 Å². The van der Waals surface area contributed by atoms with E-state index in [-0.39, 0.29) is 54.8 Å². The molecule has 2 aromatic heterocycles. The SMILES string of the molecule is CNC(=O)CC1CN(S(=O)(=O)c2cc3ccc(C(N)=NO)cc3[nH]2)CCN1C(=O)c1nc2c(s1)CNC(C)C2. The molecule has 0 saturated carbocycles. The highest BCUT2D eigenvalue weighted by Crippen LogP contribution is 2.28. The van der Waals surface area contributed by atoms with Crippen molar-refractivity contribution in [2.45, 2.75) is 43.4 Å². The second kappa shape index (κ2) is 10.6. The number of nitrogens with two attached hydrogens (primary N) is 1. The van der Waals surface area contributed by atoms with Crippen LogP contribution < -0.4 is 16.4 Å². The number of sulfonamides is 1. The van der Waals surface area contributed by atoms with Crippen LogP contribution in [0.25, 0.3) is 10.9 Å². The summed E-state index contributed by atoms with van der Waals surface area (Å²) in [6.45, 7) is 2.85. The molecule has 1 fully saturated rings. The molecule has 3 aromatic rings. The first-order chi connectivity index (χ1) is 18.6. The Bertz CT molecular complexity index is 1560. The minimum Gasteiger partial charge on any atom is -0.409 e. The van der Waals surface area contributed by atoms with E-state index in [9.17, 15) is 18.0 Å². The fourth-order valence-electron chi connectivity index (χ4n) is 4.92. The lowest BCUT2D eigenvalue weighted by atomic mass is 10.1. The maximum Gasteiger partial charge on any atom is 0.283 e. The van der Waals surface area contributed by atoms with E-state index in [0.717, 1.165) is 17.0 Å². The lowest BCUT2D eigenvalue weighted by Crippen LogP contribution is -2.57. The number of nitrogens with zero attached hydrogens (tertiary/aromatic N) is 4. The maximum absolute atomic E-state index is 13.6. The minimum atomic E-state index is -3.98. The molecule has 4 heterocycles. The third kappa shape index (κ3) is 5.22. The van der Waals surface area contributed by atoms with Crippen molar-refractivity contribution in [1.29, 1.82) is 0 Å². The Morgan fingerprint density at radius 2 is 2.10 bits per heavy atom. The lowest BCUT2D eigenvalue weighted by Gasteiger charge is -2.40. The van der Waals surface area contributed by atoms with Gasteiger partial charge in [-0.3, -0.25) is 9.59 Å². The molecule has 2 unspecified atom stereocenters. The number of fused-ring (bicyclic) bond motifs is 2. The summed E-state index contributed by atoms with van der Waals surface area (Å²) in [7, 11) is -2.48. The van der Waals surface area contributed by atoms with Crippen molar-refractivity contribution < 1.29 is 23.2 Å². The third-order valence-electron chi connectivity index (χ3n) is 7.10. The molecule has 5 rings (SSSR count). The third-order valence-corrected chi connectivity index (χ3v) is 9.97. The van der Waals surface area contributed by atoms with Crippen molar-refractivity contribution in [3.8, 4) is 0 Å². The molecule has 1 aromatic carbocycles. The van der Waals surface area contributed by atoms with Crippen molar-refractivity contribution in [3.05, 3.63) is 45.4 Å². The maximum atomic E-state index is 13.6. The number of hydrogen-bond acceptors (Lipinski definition) is 9. The molecule has 0 radical (unpaired) electrons. The molecule has 39 heavy (non-hydrogen) atoms.